The largest absolute Gasteiger partial charge is 0.497 e. The van der Waals surface area contributed by atoms with Gasteiger partial charge in [-0.15, -0.1) is 0 Å². The SMILES string of the molecule is COc1ccc2c(c1)OC[C@@H](CNC(=O)CCSC)C2. The lowest BCUT2D eigenvalue weighted by Crippen LogP contribution is -2.34. The summed E-state index contributed by atoms with van der Waals surface area (Å²) in [6.45, 7) is 1.32. The minimum absolute atomic E-state index is 0.125. The van der Waals surface area contributed by atoms with E-state index in [2.05, 4.69) is 5.32 Å². The van der Waals surface area contributed by atoms with Crippen LogP contribution in [0.4, 0.5) is 0 Å². The van der Waals surface area contributed by atoms with Crippen molar-refractivity contribution >= 4 is 17.7 Å². The van der Waals surface area contributed by atoms with Crippen molar-refractivity contribution in [1.29, 1.82) is 0 Å². The Kier molecular flexibility index (Phi) is 5.59. The fraction of sp³-hybridized carbons (Fsp3) is 0.533. The van der Waals surface area contributed by atoms with Crippen LogP contribution in [0.1, 0.15) is 12.0 Å². The lowest BCUT2D eigenvalue weighted by atomic mass is 9.96. The van der Waals surface area contributed by atoms with Crippen LogP contribution in [0.25, 0.3) is 0 Å². The second-order valence-corrected chi connectivity index (χ2v) is 5.89. The maximum atomic E-state index is 11.6. The van der Waals surface area contributed by atoms with Gasteiger partial charge in [0.25, 0.3) is 0 Å². The number of fused-ring (bicyclic) bond motifs is 1. The van der Waals surface area contributed by atoms with Gasteiger partial charge in [0.15, 0.2) is 0 Å². The Morgan fingerprint density at radius 1 is 1.55 bits per heavy atom. The van der Waals surface area contributed by atoms with Crippen LogP contribution in [0.15, 0.2) is 18.2 Å². The number of methoxy groups -OCH3 is 1. The van der Waals surface area contributed by atoms with Gasteiger partial charge in [-0.3, -0.25) is 4.79 Å². The molecule has 0 saturated heterocycles. The molecule has 1 amide bonds. The summed E-state index contributed by atoms with van der Waals surface area (Å²) >= 11 is 1.69. The molecular formula is C15H21NO3S. The van der Waals surface area contributed by atoms with Gasteiger partial charge in [0.2, 0.25) is 5.91 Å². The van der Waals surface area contributed by atoms with Gasteiger partial charge >= 0.3 is 0 Å². The smallest absolute Gasteiger partial charge is 0.220 e. The Balaban J connectivity index is 1.83. The van der Waals surface area contributed by atoms with Gasteiger partial charge in [-0.05, 0) is 24.3 Å². The van der Waals surface area contributed by atoms with Crippen LogP contribution in [0.3, 0.4) is 0 Å². The Hall–Kier alpha value is -1.36. The normalized spacial score (nSPS) is 17.0. The molecule has 0 aliphatic carbocycles. The number of amides is 1. The molecule has 4 nitrogen and oxygen atoms in total. The Labute approximate surface area is 124 Å². The predicted octanol–water partition coefficient (Wildman–Crippen LogP) is 2.12. The zero-order chi connectivity index (χ0) is 14.4. The lowest BCUT2D eigenvalue weighted by Gasteiger charge is -2.25. The van der Waals surface area contributed by atoms with Crippen molar-refractivity contribution < 1.29 is 14.3 Å². The molecule has 110 valence electrons. The topological polar surface area (TPSA) is 47.6 Å². The molecular weight excluding hydrogens is 274 g/mol. The van der Waals surface area contributed by atoms with Gasteiger partial charge < -0.3 is 14.8 Å². The number of carbonyl (C=O) groups is 1. The molecule has 0 bridgehead atoms. The van der Waals surface area contributed by atoms with Crippen molar-refractivity contribution in [2.45, 2.75) is 12.8 Å². The van der Waals surface area contributed by atoms with E-state index >= 15 is 0 Å². The minimum Gasteiger partial charge on any atom is -0.497 e. The molecule has 0 unspecified atom stereocenters. The molecule has 1 atom stereocenters. The lowest BCUT2D eigenvalue weighted by molar-refractivity contribution is -0.120. The molecule has 1 aliphatic heterocycles. The average Bonchev–Trinajstić information content (AvgIpc) is 2.50. The maximum absolute atomic E-state index is 11.6. The highest BCUT2D eigenvalue weighted by Crippen LogP contribution is 2.30. The van der Waals surface area contributed by atoms with E-state index in [1.54, 1.807) is 18.9 Å². The van der Waals surface area contributed by atoms with Crippen LogP contribution in [0.2, 0.25) is 0 Å². The van der Waals surface area contributed by atoms with Gasteiger partial charge in [0, 0.05) is 30.7 Å². The van der Waals surface area contributed by atoms with E-state index in [0.717, 1.165) is 23.7 Å². The molecule has 0 spiro atoms. The zero-order valence-corrected chi connectivity index (χ0v) is 12.8. The minimum atomic E-state index is 0.125. The van der Waals surface area contributed by atoms with E-state index in [9.17, 15) is 4.79 Å². The average molecular weight is 295 g/mol. The number of carbonyl (C=O) groups excluding carboxylic acids is 1. The fourth-order valence-electron chi connectivity index (χ4n) is 2.21. The second kappa shape index (κ2) is 7.43. The highest BCUT2D eigenvalue weighted by atomic mass is 32.2. The third-order valence-electron chi connectivity index (χ3n) is 3.38. The Bertz CT molecular complexity index is 464. The number of hydrogen-bond acceptors (Lipinski definition) is 4. The quantitative estimate of drug-likeness (QED) is 0.873. The van der Waals surface area contributed by atoms with Crippen molar-refractivity contribution in [1.82, 2.24) is 5.32 Å². The van der Waals surface area contributed by atoms with Crippen molar-refractivity contribution in [3.05, 3.63) is 23.8 Å². The van der Waals surface area contributed by atoms with Crippen LogP contribution in [0, 0.1) is 5.92 Å². The monoisotopic (exact) mass is 295 g/mol. The molecule has 0 radical (unpaired) electrons. The zero-order valence-electron chi connectivity index (χ0n) is 12.0. The fourth-order valence-corrected chi connectivity index (χ4v) is 2.60. The summed E-state index contributed by atoms with van der Waals surface area (Å²) in [5.41, 5.74) is 1.18. The molecule has 1 heterocycles. The molecule has 0 aromatic heterocycles. The molecule has 1 N–H and O–H groups in total. The first kappa shape index (κ1) is 15.0. The number of benzene rings is 1. The van der Waals surface area contributed by atoms with Gasteiger partial charge in [0.1, 0.15) is 11.5 Å². The van der Waals surface area contributed by atoms with Crippen molar-refractivity contribution in [3.63, 3.8) is 0 Å². The van der Waals surface area contributed by atoms with Crippen LogP contribution in [-0.2, 0) is 11.2 Å². The summed E-state index contributed by atoms with van der Waals surface area (Å²) in [6, 6.07) is 5.90. The number of nitrogens with one attached hydrogen (secondary N) is 1. The van der Waals surface area contributed by atoms with Crippen molar-refractivity contribution in [3.8, 4) is 11.5 Å². The molecule has 20 heavy (non-hydrogen) atoms. The molecule has 1 aromatic carbocycles. The van der Waals surface area contributed by atoms with E-state index in [1.807, 2.05) is 24.5 Å². The van der Waals surface area contributed by atoms with Crippen LogP contribution < -0.4 is 14.8 Å². The van der Waals surface area contributed by atoms with Crippen LogP contribution >= 0.6 is 11.8 Å². The Morgan fingerprint density at radius 3 is 3.15 bits per heavy atom. The Morgan fingerprint density at radius 2 is 2.40 bits per heavy atom. The summed E-state index contributed by atoms with van der Waals surface area (Å²) in [5, 5.41) is 2.98. The molecule has 1 aliphatic rings. The predicted molar refractivity (Wildman–Crippen MR) is 81.7 cm³/mol. The third kappa shape index (κ3) is 4.07. The number of rotatable bonds is 6. The van der Waals surface area contributed by atoms with Gasteiger partial charge in [-0.1, -0.05) is 6.07 Å². The molecule has 1 aromatic rings. The van der Waals surface area contributed by atoms with E-state index in [0.29, 0.717) is 25.5 Å². The van der Waals surface area contributed by atoms with Gasteiger partial charge in [-0.2, -0.15) is 11.8 Å². The van der Waals surface area contributed by atoms with E-state index in [4.69, 9.17) is 9.47 Å². The highest BCUT2D eigenvalue weighted by molar-refractivity contribution is 7.98. The first-order valence-corrected chi connectivity index (χ1v) is 8.17. The summed E-state index contributed by atoms with van der Waals surface area (Å²) in [4.78, 5) is 11.6. The van der Waals surface area contributed by atoms with Crippen LogP contribution in [-0.4, -0.2) is 38.2 Å². The van der Waals surface area contributed by atoms with Crippen molar-refractivity contribution in [2.75, 3.05) is 32.3 Å². The van der Waals surface area contributed by atoms with Gasteiger partial charge in [0.05, 0.1) is 13.7 Å². The number of hydrogen-bond donors (Lipinski definition) is 1. The summed E-state index contributed by atoms with van der Waals surface area (Å²) in [6.07, 6.45) is 3.53. The van der Waals surface area contributed by atoms with E-state index in [1.165, 1.54) is 5.56 Å². The van der Waals surface area contributed by atoms with Crippen LogP contribution in [0.5, 0.6) is 11.5 Å². The third-order valence-corrected chi connectivity index (χ3v) is 3.99. The summed E-state index contributed by atoms with van der Waals surface area (Å²) in [7, 11) is 1.65. The summed E-state index contributed by atoms with van der Waals surface area (Å²) < 4.78 is 10.9. The second-order valence-electron chi connectivity index (χ2n) is 4.90. The van der Waals surface area contributed by atoms with E-state index in [-0.39, 0.29) is 5.91 Å². The molecule has 5 heteroatoms. The molecule has 2 rings (SSSR count). The standard InChI is InChI=1S/C15H21NO3S/c1-18-13-4-3-12-7-11(10-19-14(12)8-13)9-16-15(17)5-6-20-2/h3-4,8,11H,5-7,9-10H2,1-2H3,(H,16,17)/t11-/m1/s1. The highest BCUT2D eigenvalue weighted by Gasteiger charge is 2.20. The summed E-state index contributed by atoms with van der Waals surface area (Å²) in [5.74, 6) is 3.05. The molecule has 0 fully saturated rings. The van der Waals surface area contributed by atoms with Crippen molar-refractivity contribution in [2.24, 2.45) is 5.92 Å². The maximum Gasteiger partial charge on any atom is 0.220 e. The first-order chi connectivity index (χ1) is 9.72. The van der Waals surface area contributed by atoms with Gasteiger partial charge in [-0.25, -0.2) is 0 Å². The number of thioether (sulfide) groups is 1. The van der Waals surface area contributed by atoms with E-state index < -0.39 is 0 Å². The number of ether oxygens (including phenoxy) is 2. The first-order valence-electron chi connectivity index (χ1n) is 6.78. The molecule has 0 saturated carbocycles.